The topological polar surface area (TPSA) is 8.17 Å². The highest BCUT2D eigenvalue weighted by atomic mass is 15.1. The molecule has 12 rings (SSSR count). The third kappa shape index (κ3) is 8.04. The largest absolute Gasteiger partial charge is 0.310 e. The van der Waals surface area contributed by atoms with E-state index in [9.17, 15) is 0 Å². The number of hydrogen-bond donors (Lipinski definition) is 0. The zero-order valence-corrected chi connectivity index (χ0v) is 40.7. The van der Waals surface area contributed by atoms with Crippen molar-refractivity contribution in [3.63, 3.8) is 0 Å². The van der Waals surface area contributed by atoms with E-state index in [1.165, 1.54) is 99.9 Å². The molecule has 2 heteroatoms. The summed E-state index contributed by atoms with van der Waals surface area (Å²) in [5.74, 6) is 0. The molecule has 0 atom stereocenters. The molecule has 344 valence electrons. The van der Waals surface area contributed by atoms with E-state index in [4.69, 9.17) is 0 Å². The summed E-state index contributed by atoms with van der Waals surface area (Å²) in [4.78, 5) is 2.48. The average molecular weight is 915 g/mol. The lowest BCUT2D eigenvalue weighted by Crippen LogP contribution is -2.26. The highest BCUT2D eigenvalue weighted by Crippen LogP contribution is 2.56. The van der Waals surface area contributed by atoms with Gasteiger partial charge in [-0.15, -0.1) is 0 Å². The first-order valence-corrected chi connectivity index (χ1v) is 25.7. The Kier molecular flexibility index (Phi) is 11.8. The summed E-state index contributed by atoms with van der Waals surface area (Å²) in [5.41, 5.74) is 22.4. The SMILES string of the molecule is CCCCC1(CCCC)c2cc(N(c3ccc(-c4ccc(-c5ccccc5)cc4)cc3)c3ccc(-c4cccc(-c5ccccc5)c4)cc3)ccc2-c2ccc(-n3c4ccccc4c4ccccc43)cc21. The van der Waals surface area contributed by atoms with E-state index < -0.39 is 0 Å². The van der Waals surface area contributed by atoms with Gasteiger partial charge in [-0.3, -0.25) is 0 Å². The molecule has 0 fully saturated rings. The fourth-order valence-electron chi connectivity index (χ4n) is 11.6. The monoisotopic (exact) mass is 914 g/mol. The van der Waals surface area contributed by atoms with Crippen molar-refractivity contribution in [1.82, 2.24) is 4.57 Å². The number of rotatable bonds is 14. The third-order valence-corrected chi connectivity index (χ3v) is 15.2. The zero-order valence-electron chi connectivity index (χ0n) is 40.7. The summed E-state index contributed by atoms with van der Waals surface area (Å²) in [5, 5.41) is 2.59. The third-order valence-electron chi connectivity index (χ3n) is 15.2. The van der Waals surface area contributed by atoms with Crippen LogP contribution in [0, 0.1) is 0 Å². The minimum absolute atomic E-state index is 0.128. The Morgan fingerprint density at radius 1 is 0.338 bits per heavy atom. The second-order valence-corrected chi connectivity index (χ2v) is 19.4. The van der Waals surface area contributed by atoms with Crippen LogP contribution in [-0.2, 0) is 5.41 Å². The van der Waals surface area contributed by atoms with Gasteiger partial charge in [0.2, 0.25) is 0 Å². The van der Waals surface area contributed by atoms with Gasteiger partial charge in [0.15, 0.2) is 0 Å². The number of fused-ring (bicyclic) bond motifs is 6. The summed E-state index contributed by atoms with van der Waals surface area (Å²) < 4.78 is 2.49. The van der Waals surface area contributed by atoms with Gasteiger partial charge in [0.1, 0.15) is 0 Å². The van der Waals surface area contributed by atoms with Crippen LogP contribution in [0.1, 0.15) is 63.5 Å². The van der Waals surface area contributed by atoms with Crippen LogP contribution in [0.3, 0.4) is 0 Å². The first-order chi connectivity index (χ1) is 35.1. The maximum Gasteiger partial charge on any atom is 0.0541 e. The standard InChI is InChI=1S/C69H58N2/c1-3-5-44-69(45-6-4-2)65-47-59(40-42-61(65)62-43-41-60(48-66(62)69)71-67-26-15-13-24-63(67)64-25-14-16-27-68(64)71)70(57-36-32-53(33-37-57)52-30-28-51(29-31-52)49-18-9-7-10-19-49)58-38-34-54(35-39-58)56-23-17-22-55(46-56)50-20-11-8-12-21-50/h7-43,46-48H,3-6,44-45H2,1-2H3. The highest BCUT2D eigenvalue weighted by molar-refractivity contribution is 6.09. The van der Waals surface area contributed by atoms with E-state index in [-0.39, 0.29) is 5.41 Å². The van der Waals surface area contributed by atoms with Gasteiger partial charge in [-0.05, 0) is 146 Å². The van der Waals surface area contributed by atoms with E-state index in [1.54, 1.807) is 0 Å². The molecule has 0 saturated heterocycles. The van der Waals surface area contributed by atoms with Crippen LogP contribution in [0.15, 0.2) is 243 Å². The van der Waals surface area contributed by atoms with Gasteiger partial charge in [-0.2, -0.15) is 0 Å². The van der Waals surface area contributed by atoms with Gasteiger partial charge in [-0.25, -0.2) is 0 Å². The van der Waals surface area contributed by atoms with Gasteiger partial charge < -0.3 is 9.47 Å². The molecule has 10 aromatic carbocycles. The molecular formula is C69H58N2. The molecule has 0 saturated carbocycles. The molecule has 0 spiro atoms. The number of para-hydroxylation sites is 2. The average Bonchev–Trinajstić information content (AvgIpc) is 3.92. The van der Waals surface area contributed by atoms with Crippen molar-refractivity contribution >= 4 is 38.9 Å². The number of anilines is 3. The van der Waals surface area contributed by atoms with Crippen LogP contribution in [0.4, 0.5) is 17.1 Å². The predicted octanol–water partition coefficient (Wildman–Crippen LogP) is 19.6. The number of unbranched alkanes of at least 4 members (excludes halogenated alkanes) is 2. The van der Waals surface area contributed by atoms with Crippen molar-refractivity contribution in [2.45, 2.75) is 57.8 Å². The van der Waals surface area contributed by atoms with Gasteiger partial charge >= 0.3 is 0 Å². The molecule has 71 heavy (non-hydrogen) atoms. The molecule has 2 nitrogen and oxygen atoms in total. The van der Waals surface area contributed by atoms with Crippen LogP contribution in [0.5, 0.6) is 0 Å². The van der Waals surface area contributed by atoms with Gasteiger partial charge in [-0.1, -0.05) is 215 Å². The van der Waals surface area contributed by atoms with Crippen molar-refractivity contribution in [3.05, 3.63) is 254 Å². The maximum atomic E-state index is 2.56. The molecule has 1 aromatic heterocycles. The second kappa shape index (κ2) is 18.9. The lowest BCUT2D eigenvalue weighted by molar-refractivity contribution is 0.414. The van der Waals surface area contributed by atoms with E-state index in [2.05, 4.69) is 266 Å². The zero-order chi connectivity index (χ0) is 47.7. The first kappa shape index (κ1) is 44.0. The van der Waals surface area contributed by atoms with Crippen LogP contribution in [0.25, 0.3) is 83.1 Å². The van der Waals surface area contributed by atoms with Crippen molar-refractivity contribution in [3.8, 4) is 61.3 Å². The Labute approximate surface area is 419 Å². The van der Waals surface area contributed by atoms with Crippen molar-refractivity contribution in [1.29, 1.82) is 0 Å². The highest BCUT2D eigenvalue weighted by Gasteiger charge is 2.43. The van der Waals surface area contributed by atoms with Gasteiger partial charge in [0, 0.05) is 38.9 Å². The minimum atomic E-state index is -0.128. The Hall–Kier alpha value is -8.20. The summed E-state index contributed by atoms with van der Waals surface area (Å²) >= 11 is 0. The summed E-state index contributed by atoms with van der Waals surface area (Å²) in [6.07, 6.45) is 6.85. The maximum absolute atomic E-state index is 2.56. The minimum Gasteiger partial charge on any atom is -0.310 e. The number of aromatic nitrogens is 1. The smallest absolute Gasteiger partial charge is 0.0541 e. The molecule has 0 radical (unpaired) electrons. The van der Waals surface area contributed by atoms with E-state index in [0.717, 1.165) is 49.9 Å². The molecule has 1 aliphatic rings. The Balaban J connectivity index is 0.977. The number of benzene rings is 10. The van der Waals surface area contributed by atoms with E-state index >= 15 is 0 Å². The van der Waals surface area contributed by atoms with Crippen LogP contribution in [0.2, 0.25) is 0 Å². The second-order valence-electron chi connectivity index (χ2n) is 19.4. The van der Waals surface area contributed by atoms with E-state index in [1.807, 2.05) is 0 Å². The molecule has 0 aliphatic heterocycles. The number of hydrogen-bond acceptors (Lipinski definition) is 1. The molecule has 0 bridgehead atoms. The Morgan fingerprint density at radius 2 is 0.732 bits per heavy atom. The molecule has 1 aliphatic carbocycles. The van der Waals surface area contributed by atoms with Gasteiger partial charge in [0.05, 0.1) is 11.0 Å². The molecule has 0 unspecified atom stereocenters. The molecular weight excluding hydrogens is 857 g/mol. The quantitative estimate of drug-likeness (QED) is 0.106. The Morgan fingerprint density at radius 3 is 1.25 bits per heavy atom. The fourth-order valence-corrected chi connectivity index (χ4v) is 11.6. The lowest BCUT2D eigenvalue weighted by atomic mass is 9.70. The number of nitrogens with zero attached hydrogens (tertiary/aromatic N) is 2. The summed E-state index contributed by atoms with van der Waals surface area (Å²) in [6, 6.07) is 90.1. The van der Waals surface area contributed by atoms with Crippen LogP contribution >= 0.6 is 0 Å². The van der Waals surface area contributed by atoms with Crippen LogP contribution in [-0.4, -0.2) is 4.57 Å². The summed E-state index contributed by atoms with van der Waals surface area (Å²) in [7, 11) is 0. The molecule has 11 aromatic rings. The normalized spacial score (nSPS) is 12.5. The van der Waals surface area contributed by atoms with E-state index in [0.29, 0.717) is 0 Å². The van der Waals surface area contributed by atoms with Crippen molar-refractivity contribution in [2.24, 2.45) is 0 Å². The molecule has 1 heterocycles. The fraction of sp³-hybridized carbons (Fsp3) is 0.130. The van der Waals surface area contributed by atoms with Crippen molar-refractivity contribution in [2.75, 3.05) is 4.90 Å². The van der Waals surface area contributed by atoms with Crippen molar-refractivity contribution < 1.29 is 0 Å². The van der Waals surface area contributed by atoms with Gasteiger partial charge in [0.25, 0.3) is 0 Å². The van der Waals surface area contributed by atoms with Crippen LogP contribution < -0.4 is 4.90 Å². The molecule has 0 N–H and O–H groups in total. The summed E-state index contributed by atoms with van der Waals surface area (Å²) in [6.45, 7) is 4.69. The Bertz CT molecular complexity index is 3580. The first-order valence-electron chi connectivity index (χ1n) is 25.7. The lowest BCUT2D eigenvalue weighted by Gasteiger charge is -2.34. The predicted molar refractivity (Wildman–Crippen MR) is 302 cm³/mol. The molecule has 0 amide bonds.